The quantitative estimate of drug-likeness (QED) is 0.766. The van der Waals surface area contributed by atoms with Crippen molar-refractivity contribution < 1.29 is 13.2 Å². The number of hydrogen-bond donors (Lipinski definition) is 0. The summed E-state index contributed by atoms with van der Waals surface area (Å²) in [5, 5.41) is 8.83. The van der Waals surface area contributed by atoms with E-state index in [-0.39, 0.29) is 11.6 Å². The van der Waals surface area contributed by atoms with E-state index < -0.39 is 11.7 Å². The van der Waals surface area contributed by atoms with Crippen molar-refractivity contribution in [1.82, 2.24) is 4.98 Å². The Kier molecular flexibility index (Phi) is 3.96. The number of benzene rings is 1. The molecule has 0 saturated carbocycles. The number of hydrogen-bond acceptors (Lipinski definition) is 2. The van der Waals surface area contributed by atoms with Crippen LogP contribution >= 0.6 is 11.6 Å². The summed E-state index contributed by atoms with van der Waals surface area (Å²) in [4.78, 5) is 3.94. The van der Waals surface area contributed by atoms with Crippen LogP contribution in [0.25, 0.3) is 11.1 Å². The third kappa shape index (κ3) is 3.09. The third-order valence-corrected chi connectivity index (χ3v) is 3.00. The summed E-state index contributed by atoms with van der Waals surface area (Å²) >= 11 is 5.94. The molecule has 2 nitrogen and oxygen atoms in total. The molecule has 1 aromatic heterocycles. The van der Waals surface area contributed by atoms with Crippen LogP contribution in [0.15, 0.2) is 36.5 Å². The molecule has 1 heterocycles. The van der Waals surface area contributed by atoms with Gasteiger partial charge in [0.2, 0.25) is 0 Å². The molecule has 0 atom stereocenters. The van der Waals surface area contributed by atoms with Crippen LogP contribution in [0.1, 0.15) is 11.1 Å². The average Bonchev–Trinajstić information content (AvgIpc) is 2.40. The zero-order valence-corrected chi connectivity index (χ0v) is 10.8. The number of nitriles is 1. The SMILES string of the molecule is N#CCc1cnc(Cl)c(-c2ccc(C(F)(F)F)cc2)c1. The van der Waals surface area contributed by atoms with Crippen molar-refractivity contribution in [1.29, 1.82) is 5.26 Å². The van der Waals surface area contributed by atoms with Gasteiger partial charge in [0.15, 0.2) is 0 Å². The molecule has 0 N–H and O–H groups in total. The minimum absolute atomic E-state index is 0.164. The number of alkyl halides is 3. The summed E-state index contributed by atoms with van der Waals surface area (Å²) in [6.45, 7) is 0. The smallest absolute Gasteiger partial charge is 0.244 e. The first-order chi connectivity index (χ1) is 9.41. The molecule has 0 saturated heterocycles. The average molecular weight is 297 g/mol. The van der Waals surface area contributed by atoms with Crippen LogP contribution in [0.5, 0.6) is 0 Å². The van der Waals surface area contributed by atoms with Crippen LogP contribution in [0, 0.1) is 11.3 Å². The predicted molar refractivity (Wildman–Crippen MR) is 69.0 cm³/mol. The van der Waals surface area contributed by atoms with Gasteiger partial charge in [0.05, 0.1) is 18.1 Å². The summed E-state index contributed by atoms with van der Waals surface area (Å²) < 4.78 is 37.5. The van der Waals surface area contributed by atoms with Gasteiger partial charge < -0.3 is 0 Å². The van der Waals surface area contributed by atoms with Gasteiger partial charge in [0, 0.05) is 11.8 Å². The topological polar surface area (TPSA) is 36.7 Å². The standard InChI is InChI=1S/C14H8ClF3N2/c15-13-12(7-9(5-6-19)8-20-13)10-1-3-11(4-2-10)14(16,17)18/h1-4,7-8H,5H2. The third-order valence-electron chi connectivity index (χ3n) is 2.70. The van der Waals surface area contributed by atoms with Crippen molar-refractivity contribution in [2.45, 2.75) is 12.6 Å². The second-order valence-corrected chi connectivity index (χ2v) is 4.45. The fourth-order valence-electron chi connectivity index (χ4n) is 1.72. The Morgan fingerprint density at radius 2 is 1.85 bits per heavy atom. The van der Waals surface area contributed by atoms with Crippen molar-refractivity contribution >= 4 is 11.6 Å². The lowest BCUT2D eigenvalue weighted by Gasteiger charge is -2.09. The van der Waals surface area contributed by atoms with E-state index in [0.717, 1.165) is 12.1 Å². The molecule has 0 amide bonds. The first-order valence-corrected chi connectivity index (χ1v) is 5.98. The van der Waals surface area contributed by atoms with E-state index in [0.29, 0.717) is 16.7 Å². The fraction of sp³-hybridized carbons (Fsp3) is 0.143. The Hall–Kier alpha value is -2.06. The van der Waals surface area contributed by atoms with Crippen molar-refractivity contribution in [3.63, 3.8) is 0 Å². The molecule has 2 rings (SSSR count). The molecule has 0 bridgehead atoms. The highest BCUT2D eigenvalue weighted by molar-refractivity contribution is 6.32. The molecule has 0 aliphatic carbocycles. The largest absolute Gasteiger partial charge is 0.416 e. The van der Waals surface area contributed by atoms with Gasteiger partial charge in [0.1, 0.15) is 5.15 Å². The Balaban J connectivity index is 2.41. The van der Waals surface area contributed by atoms with Crippen LogP contribution in [0.4, 0.5) is 13.2 Å². The molecular weight excluding hydrogens is 289 g/mol. The summed E-state index contributed by atoms with van der Waals surface area (Å²) in [6, 6.07) is 8.28. The van der Waals surface area contributed by atoms with Gasteiger partial charge in [-0.25, -0.2) is 4.98 Å². The lowest BCUT2D eigenvalue weighted by atomic mass is 10.0. The van der Waals surface area contributed by atoms with E-state index in [4.69, 9.17) is 16.9 Å². The van der Waals surface area contributed by atoms with Gasteiger partial charge in [-0.1, -0.05) is 23.7 Å². The number of pyridine rings is 1. The fourth-order valence-corrected chi connectivity index (χ4v) is 1.93. The molecule has 6 heteroatoms. The first-order valence-electron chi connectivity index (χ1n) is 5.61. The minimum atomic E-state index is -4.37. The Morgan fingerprint density at radius 3 is 2.40 bits per heavy atom. The van der Waals surface area contributed by atoms with Crippen LogP contribution in [-0.4, -0.2) is 4.98 Å². The van der Waals surface area contributed by atoms with Crippen LogP contribution in [-0.2, 0) is 12.6 Å². The maximum atomic E-state index is 12.5. The molecule has 0 radical (unpaired) electrons. The summed E-state index contributed by atoms with van der Waals surface area (Å²) in [5.74, 6) is 0. The monoisotopic (exact) mass is 296 g/mol. The van der Waals surface area contributed by atoms with E-state index >= 15 is 0 Å². The highest BCUT2D eigenvalue weighted by atomic mass is 35.5. The summed E-state index contributed by atoms with van der Waals surface area (Å²) in [7, 11) is 0. The van der Waals surface area contributed by atoms with Crippen molar-refractivity contribution in [3.8, 4) is 17.2 Å². The van der Waals surface area contributed by atoms with E-state index in [1.54, 1.807) is 6.07 Å². The normalized spacial score (nSPS) is 11.2. The molecule has 0 aliphatic heterocycles. The van der Waals surface area contributed by atoms with Crippen LogP contribution in [0.3, 0.4) is 0 Å². The van der Waals surface area contributed by atoms with Gasteiger partial charge in [-0.3, -0.25) is 0 Å². The molecule has 2 aromatic rings. The maximum absolute atomic E-state index is 12.5. The lowest BCUT2D eigenvalue weighted by Crippen LogP contribution is -2.04. The van der Waals surface area contributed by atoms with Gasteiger partial charge in [-0.05, 0) is 29.3 Å². The number of nitrogens with zero attached hydrogens (tertiary/aromatic N) is 2. The second kappa shape index (κ2) is 5.51. The van der Waals surface area contributed by atoms with E-state index in [9.17, 15) is 13.2 Å². The Bertz CT molecular complexity index is 658. The minimum Gasteiger partial charge on any atom is -0.244 e. The first kappa shape index (κ1) is 14.4. The van der Waals surface area contributed by atoms with Gasteiger partial charge in [-0.2, -0.15) is 18.4 Å². The molecule has 0 spiro atoms. The number of halogens is 4. The predicted octanol–water partition coefficient (Wildman–Crippen LogP) is 4.49. The van der Waals surface area contributed by atoms with Crippen molar-refractivity contribution in [3.05, 3.63) is 52.8 Å². The number of rotatable bonds is 2. The number of aromatic nitrogens is 1. The molecule has 0 unspecified atom stereocenters. The Labute approximate surface area is 118 Å². The van der Waals surface area contributed by atoms with Crippen LogP contribution in [0.2, 0.25) is 5.15 Å². The molecular formula is C14H8ClF3N2. The Morgan fingerprint density at radius 1 is 1.20 bits per heavy atom. The highest BCUT2D eigenvalue weighted by Gasteiger charge is 2.30. The highest BCUT2D eigenvalue weighted by Crippen LogP contribution is 2.32. The van der Waals surface area contributed by atoms with Gasteiger partial charge in [-0.15, -0.1) is 0 Å². The van der Waals surface area contributed by atoms with Crippen molar-refractivity contribution in [2.75, 3.05) is 0 Å². The molecule has 0 fully saturated rings. The van der Waals surface area contributed by atoms with Gasteiger partial charge >= 0.3 is 6.18 Å². The van der Waals surface area contributed by atoms with E-state index in [1.807, 2.05) is 6.07 Å². The van der Waals surface area contributed by atoms with Gasteiger partial charge in [0.25, 0.3) is 0 Å². The molecule has 102 valence electrons. The maximum Gasteiger partial charge on any atom is 0.416 e. The molecule has 1 aromatic carbocycles. The molecule has 20 heavy (non-hydrogen) atoms. The summed E-state index contributed by atoms with van der Waals surface area (Å²) in [5.41, 5.74) is 0.966. The van der Waals surface area contributed by atoms with E-state index in [2.05, 4.69) is 4.98 Å². The van der Waals surface area contributed by atoms with Crippen molar-refractivity contribution in [2.24, 2.45) is 0 Å². The molecule has 0 aliphatic rings. The van der Waals surface area contributed by atoms with Crippen LogP contribution < -0.4 is 0 Å². The lowest BCUT2D eigenvalue weighted by molar-refractivity contribution is -0.137. The summed E-state index contributed by atoms with van der Waals surface area (Å²) in [6.07, 6.45) is -2.74. The zero-order valence-electron chi connectivity index (χ0n) is 10.1. The zero-order chi connectivity index (χ0) is 14.8. The van der Waals surface area contributed by atoms with E-state index in [1.165, 1.54) is 18.3 Å². The second-order valence-electron chi connectivity index (χ2n) is 4.09.